The fraction of sp³-hybridized carbons (Fsp3) is 0.652. The molecule has 0 heterocycles. The van der Waals surface area contributed by atoms with Gasteiger partial charge in [-0.25, -0.2) is 0 Å². The van der Waals surface area contributed by atoms with Gasteiger partial charge in [0.15, 0.2) is 0 Å². The number of aryl methyl sites for hydroxylation is 2. The summed E-state index contributed by atoms with van der Waals surface area (Å²) in [7, 11) is 0. The first-order valence-corrected chi connectivity index (χ1v) is 10.0. The van der Waals surface area contributed by atoms with Crippen molar-refractivity contribution in [2.45, 2.75) is 78.1 Å². The summed E-state index contributed by atoms with van der Waals surface area (Å²) in [5.74, 6) is 3.01. The van der Waals surface area contributed by atoms with Gasteiger partial charge in [0, 0.05) is 0 Å². The second-order valence-corrected chi connectivity index (χ2v) is 7.90. The molecule has 1 saturated carbocycles. The Bertz CT molecular complexity index is 517. The van der Waals surface area contributed by atoms with E-state index in [-0.39, 0.29) is 0 Å². The third-order valence-corrected chi connectivity index (χ3v) is 6.51. The first-order valence-electron chi connectivity index (χ1n) is 10.0. The van der Waals surface area contributed by atoms with Crippen molar-refractivity contribution in [3.05, 3.63) is 47.0 Å². The van der Waals surface area contributed by atoms with Crippen molar-refractivity contribution in [2.75, 3.05) is 0 Å². The van der Waals surface area contributed by atoms with E-state index in [2.05, 4.69) is 44.2 Å². The highest BCUT2D eigenvalue weighted by Gasteiger charge is 2.29. The van der Waals surface area contributed by atoms with Gasteiger partial charge >= 0.3 is 0 Å². The number of fused-ring (bicyclic) bond motifs is 1. The Labute approximate surface area is 143 Å². The summed E-state index contributed by atoms with van der Waals surface area (Å²) >= 11 is 0. The predicted octanol–water partition coefficient (Wildman–Crippen LogP) is 6.52. The maximum Gasteiger partial charge on any atom is -0.0244 e. The van der Waals surface area contributed by atoms with E-state index in [4.69, 9.17) is 0 Å². The number of hydrogen-bond donors (Lipinski definition) is 0. The first-order chi connectivity index (χ1) is 11.3. The molecule has 0 N–H and O–H groups in total. The van der Waals surface area contributed by atoms with E-state index in [9.17, 15) is 0 Å². The maximum atomic E-state index is 2.50. The fourth-order valence-corrected chi connectivity index (χ4v) is 4.88. The summed E-state index contributed by atoms with van der Waals surface area (Å²) in [5, 5.41) is 0. The highest BCUT2D eigenvalue weighted by atomic mass is 14.3. The van der Waals surface area contributed by atoms with Crippen molar-refractivity contribution in [1.29, 1.82) is 0 Å². The van der Waals surface area contributed by atoms with Crippen LogP contribution in [0.2, 0.25) is 0 Å². The topological polar surface area (TPSA) is 0 Å². The van der Waals surface area contributed by atoms with Gasteiger partial charge in [-0.3, -0.25) is 0 Å². The molecule has 1 fully saturated rings. The molecule has 2 aliphatic carbocycles. The Balaban J connectivity index is 1.58. The van der Waals surface area contributed by atoms with Gasteiger partial charge in [0.25, 0.3) is 0 Å². The molecule has 23 heavy (non-hydrogen) atoms. The number of allylic oxidation sites excluding steroid dienone is 2. The molecular weight excluding hydrogens is 276 g/mol. The molecule has 0 nitrogen and oxygen atoms in total. The van der Waals surface area contributed by atoms with Crippen LogP contribution in [0.25, 0.3) is 0 Å². The third-order valence-electron chi connectivity index (χ3n) is 6.51. The van der Waals surface area contributed by atoms with Crippen LogP contribution in [0, 0.1) is 17.8 Å². The van der Waals surface area contributed by atoms with Gasteiger partial charge in [0.1, 0.15) is 0 Å². The monoisotopic (exact) mass is 310 g/mol. The van der Waals surface area contributed by atoms with E-state index in [1.807, 2.05) is 0 Å². The van der Waals surface area contributed by atoms with E-state index < -0.39 is 0 Å². The minimum atomic E-state index is 0.967. The van der Waals surface area contributed by atoms with Gasteiger partial charge < -0.3 is 0 Å². The molecule has 3 rings (SSSR count). The summed E-state index contributed by atoms with van der Waals surface area (Å²) in [4.78, 5) is 0. The lowest BCUT2D eigenvalue weighted by Crippen LogP contribution is -2.26. The standard InChI is InChI=1S/C23H34/c1-3-5-6-7-19-10-13-23-17-22(15-14-21(23)16-19)20-11-8-18(4-2)9-12-20/h3,5,10,13,16,18,20,22H,4,6-9,11-12,14-15,17H2,1-2H3/b5-3+. The molecule has 0 radical (unpaired) electrons. The highest BCUT2D eigenvalue weighted by molar-refractivity contribution is 5.34. The van der Waals surface area contributed by atoms with Crippen molar-refractivity contribution in [3.8, 4) is 0 Å². The van der Waals surface area contributed by atoms with E-state index in [0.29, 0.717) is 0 Å². The molecule has 0 amide bonds. The Hall–Kier alpha value is -1.04. The van der Waals surface area contributed by atoms with Crippen LogP contribution in [-0.4, -0.2) is 0 Å². The number of benzene rings is 1. The molecule has 0 aliphatic heterocycles. The summed E-state index contributed by atoms with van der Waals surface area (Å²) in [6, 6.07) is 7.34. The van der Waals surface area contributed by atoms with Crippen LogP contribution in [0.4, 0.5) is 0 Å². The highest BCUT2D eigenvalue weighted by Crippen LogP contribution is 2.40. The van der Waals surface area contributed by atoms with Crippen LogP contribution in [0.15, 0.2) is 30.4 Å². The zero-order chi connectivity index (χ0) is 16.1. The van der Waals surface area contributed by atoms with Crippen LogP contribution in [0.5, 0.6) is 0 Å². The molecule has 1 aromatic rings. The summed E-state index contributed by atoms with van der Waals surface area (Å²) in [6.07, 6.45) is 18.3. The lowest BCUT2D eigenvalue weighted by atomic mass is 9.69. The average molecular weight is 311 g/mol. The zero-order valence-corrected chi connectivity index (χ0v) is 15.2. The van der Waals surface area contributed by atoms with Gasteiger partial charge in [-0.1, -0.05) is 56.5 Å². The molecule has 1 atom stereocenters. The van der Waals surface area contributed by atoms with Crippen LogP contribution in [-0.2, 0) is 19.3 Å². The van der Waals surface area contributed by atoms with Gasteiger partial charge in [0.05, 0.1) is 0 Å². The molecule has 1 aromatic carbocycles. The van der Waals surface area contributed by atoms with Crippen molar-refractivity contribution in [1.82, 2.24) is 0 Å². The Morgan fingerprint density at radius 1 is 1.00 bits per heavy atom. The minimum absolute atomic E-state index is 0.967. The van der Waals surface area contributed by atoms with Crippen LogP contribution in [0.1, 0.15) is 75.5 Å². The lowest BCUT2D eigenvalue weighted by molar-refractivity contribution is 0.187. The zero-order valence-electron chi connectivity index (χ0n) is 15.2. The molecule has 0 aromatic heterocycles. The van der Waals surface area contributed by atoms with Gasteiger partial charge in [-0.2, -0.15) is 0 Å². The molecule has 0 bridgehead atoms. The molecule has 1 unspecified atom stereocenters. The van der Waals surface area contributed by atoms with Gasteiger partial charge in [-0.15, -0.1) is 0 Å². The van der Waals surface area contributed by atoms with Crippen molar-refractivity contribution in [2.24, 2.45) is 17.8 Å². The van der Waals surface area contributed by atoms with E-state index in [1.165, 1.54) is 69.8 Å². The van der Waals surface area contributed by atoms with Crippen molar-refractivity contribution in [3.63, 3.8) is 0 Å². The lowest BCUT2D eigenvalue weighted by Gasteiger charge is -2.36. The van der Waals surface area contributed by atoms with E-state index in [0.717, 1.165) is 17.8 Å². The molecule has 126 valence electrons. The smallest absolute Gasteiger partial charge is 0.0244 e. The second kappa shape index (κ2) is 8.18. The predicted molar refractivity (Wildman–Crippen MR) is 101 cm³/mol. The quantitative estimate of drug-likeness (QED) is 0.543. The fourth-order valence-electron chi connectivity index (χ4n) is 4.88. The second-order valence-electron chi connectivity index (χ2n) is 7.90. The first kappa shape index (κ1) is 16.8. The SMILES string of the molecule is C/C=C/CCc1ccc2c(c1)CCC(C1CCC(CC)CC1)C2. The van der Waals surface area contributed by atoms with Gasteiger partial charge in [-0.05, 0) is 86.3 Å². The van der Waals surface area contributed by atoms with E-state index in [1.54, 1.807) is 11.1 Å². The maximum absolute atomic E-state index is 2.50. The molecule has 2 aliphatic rings. The molecular formula is C23H34. The largest absolute Gasteiger partial charge is 0.0917 e. The van der Waals surface area contributed by atoms with Crippen molar-refractivity contribution < 1.29 is 0 Å². The van der Waals surface area contributed by atoms with Crippen molar-refractivity contribution >= 4 is 0 Å². The Morgan fingerprint density at radius 2 is 1.83 bits per heavy atom. The van der Waals surface area contributed by atoms with E-state index >= 15 is 0 Å². The summed E-state index contributed by atoms with van der Waals surface area (Å²) in [5.41, 5.74) is 4.85. The number of rotatable bonds is 5. The number of hydrogen-bond acceptors (Lipinski definition) is 0. The summed E-state index contributed by atoms with van der Waals surface area (Å²) < 4.78 is 0. The minimum Gasteiger partial charge on any atom is -0.0917 e. The Morgan fingerprint density at radius 3 is 2.57 bits per heavy atom. The van der Waals surface area contributed by atoms with Crippen LogP contribution >= 0.6 is 0 Å². The normalized spacial score (nSPS) is 28.0. The third kappa shape index (κ3) is 4.28. The Kier molecular flexibility index (Phi) is 5.97. The average Bonchev–Trinajstić information content (AvgIpc) is 2.61. The summed E-state index contributed by atoms with van der Waals surface area (Å²) in [6.45, 7) is 4.48. The van der Waals surface area contributed by atoms with Crippen LogP contribution < -0.4 is 0 Å². The molecule has 0 heteroatoms. The van der Waals surface area contributed by atoms with Gasteiger partial charge in [0.2, 0.25) is 0 Å². The molecule has 0 saturated heterocycles. The molecule has 0 spiro atoms. The van der Waals surface area contributed by atoms with Crippen LogP contribution in [0.3, 0.4) is 0 Å².